The van der Waals surface area contributed by atoms with Crippen molar-refractivity contribution in [2.45, 2.75) is 19.9 Å². The summed E-state index contributed by atoms with van der Waals surface area (Å²) in [5.41, 5.74) is 2.12. The minimum Gasteiger partial charge on any atom is -0.326 e. The summed E-state index contributed by atoms with van der Waals surface area (Å²) in [6, 6.07) is 12.9. The zero-order chi connectivity index (χ0) is 17.1. The lowest BCUT2D eigenvalue weighted by Gasteiger charge is -2.11. The summed E-state index contributed by atoms with van der Waals surface area (Å²) in [4.78, 5) is 28.7. The Labute approximate surface area is 137 Å². The van der Waals surface area contributed by atoms with Crippen LogP contribution in [-0.4, -0.2) is 15.5 Å². The first-order chi connectivity index (χ1) is 11.5. The van der Waals surface area contributed by atoms with Gasteiger partial charge in [0.15, 0.2) is 0 Å². The number of anilines is 1. The molecule has 0 aliphatic heterocycles. The molecule has 3 aromatic rings. The van der Waals surface area contributed by atoms with Gasteiger partial charge in [0.05, 0.1) is 11.0 Å². The van der Waals surface area contributed by atoms with Crippen molar-refractivity contribution in [2.24, 2.45) is 0 Å². The van der Waals surface area contributed by atoms with Gasteiger partial charge in [0.25, 0.3) is 5.56 Å². The highest BCUT2D eigenvalue weighted by molar-refractivity contribution is 5.90. The predicted molar refractivity (Wildman–Crippen MR) is 90.4 cm³/mol. The molecule has 0 unspecified atom stereocenters. The van der Waals surface area contributed by atoms with Gasteiger partial charge in [-0.2, -0.15) is 0 Å². The monoisotopic (exact) mass is 325 g/mol. The Morgan fingerprint density at radius 1 is 1.17 bits per heavy atom. The number of hydrogen-bond acceptors (Lipinski definition) is 3. The quantitative estimate of drug-likeness (QED) is 0.802. The second-order valence-corrected chi connectivity index (χ2v) is 5.45. The van der Waals surface area contributed by atoms with Gasteiger partial charge in [-0.3, -0.25) is 9.59 Å². The van der Waals surface area contributed by atoms with E-state index in [0.717, 1.165) is 0 Å². The lowest BCUT2D eigenvalue weighted by atomic mass is 10.2. The lowest BCUT2D eigenvalue weighted by Crippen LogP contribution is -2.26. The number of fused-ring (bicyclic) bond motifs is 1. The Bertz CT molecular complexity index is 949. The maximum atomic E-state index is 12.9. The minimum atomic E-state index is -0.363. The average molecular weight is 325 g/mol. The topological polar surface area (TPSA) is 64.0 Å². The maximum Gasteiger partial charge on any atom is 0.272 e. The van der Waals surface area contributed by atoms with E-state index < -0.39 is 0 Å². The van der Waals surface area contributed by atoms with Crippen LogP contribution in [0.15, 0.2) is 53.3 Å². The fourth-order valence-electron chi connectivity index (χ4n) is 2.51. The highest BCUT2D eigenvalue weighted by atomic mass is 19.1. The van der Waals surface area contributed by atoms with Crippen LogP contribution in [0.2, 0.25) is 0 Å². The molecule has 0 saturated carbocycles. The third-order valence-electron chi connectivity index (χ3n) is 3.71. The maximum absolute atomic E-state index is 12.9. The minimum absolute atomic E-state index is 0.130. The van der Waals surface area contributed by atoms with Crippen LogP contribution in [0.3, 0.4) is 0 Å². The van der Waals surface area contributed by atoms with Crippen molar-refractivity contribution in [1.82, 2.24) is 9.55 Å². The van der Waals surface area contributed by atoms with Crippen LogP contribution >= 0.6 is 0 Å². The summed E-state index contributed by atoms with van der Waals surface area (Å²) in [7, 11) is 0. The number of hydrogen-bond donors (Lipinski definition) is 1. The lowest BCUT2D eigenvalue weighted by molar-refractivity contribution is -0.116. The van der Waals surface area contributed by atoms with Crippen LogP contribution in [0.5, 0.6) is 0 Å². The zero-order valence-corrected chi connectivity index (χ0v) is 13.1. The number of carbonyl (C=O) groups excluding carboxylic acids is 1. The molecule has 0 bridgehead atoms. The van der Waals surface area contributed by atoms with Crippen molar-refractivity contribution < 1.29 is 9.18 Å². The van der Waals surface area contributed by atoms with Crippen LogP contribution in [0.25, 0.3) is 11.0 Å². The molecule has 0 saturated heterocycles. The van der Waals surface area contributed by atoms with Gasteiger partial charge in [-0.25, -0.2) is 9.37 Å². The van der Waals surface area contributed by atoms with E-state index >= 15 is 0 Å². The SMILES string of the molecule is Cc1nc2ccccc2n(CCC(=O)Nc2ccc(F)cc2)c1=O. The standard InChI is InChI=1S/C18H16FN3O2/c1-12-18(24)22(16-5-3-2-4-15(16)20-12)11-10-17(23)21-14-8-6-13(19)7-9-14/h2-9H,10-11H2,1H3,(H,21,23). The van der Waals surface area contributed by atoms with E-state index in [9.17, 15) is 14.0 Å². The van der Waals surface area contributed by atoms with Gasteiger partial charge < -0.3 is 9.88 Å². The van der Waals surface area contributed by atoms with Crippen LogP contribution < -0.4 is 10.9 Å². The Morgan fingerprint density at radius 2 is 1.88 bits per heavy atom. The average Bonchev–Trinajstić information content (AvgIpc) is 2.57. The van der Waals surface area contributed by atoms with Gasteiger partial charge in [-0.05, 0) is 43.3 Å². The normalized spacial score (nSPS) is 10.8. The van der Waals surface area contributed by atoms with Crippen molar-refractivity contribution in [3.63, 3.8) is 0 Å². The van der Waals surface area contributed by atoms with Crippen molar-refractivity contribution in [2.75, 3.05) is 5.32 Å². The molecule has 1 N–H and O–H groups in total. The first-order valence-corrected chi connectivity index (χ1v) is 7.56. The van der Waals surface area contributed by atoms with Crippen LogP contribution in [0.4, 0.5) is 10.1 Å². The Morgan fingerprint density at radius 3 is 2.62 bits per heavy atom. The number of benzene rings is 2. The van der Waals surface area contributed by atoms with Gasteiger partial charge in [-0.15, -0.1) is 0 Å². The molecule has 122 valence electrons. The van der Waals surface area contributed by atoms with Gasteiger partial charge in [0.2, 0.25) is 5.91 Å². The molecule has 3 rings (SSSR count). The molecule has 1 heterocycles. The number of amides is 1. The highest BCUT2D eigenvalue weighted by Crippen LogP contribution is 2.11. The summed E-state index contributed by atoms with van der Waals surface area (Å²) in [6.45, 7) is 1.90. The number of halogens is 1. The van der Waals surface area contributed by atoms with Gasteiger partial charge >= 0.3 is 0 Å². The molecule has 0 fully saturated rings. The summed E-state index contributed by atoms with van der Waals surface area (Å²) in [5, 5.41) is 2.68. The van der Waals surface area contributed by atoms with Gasteiger partial charge in [-0.1, -0.05) is 12.1 Å². The summed E-state index contributed by atoms with van der Waals surface area (Å²) in [6.07, 6.45) is 0.130. The van der Waals surface area contributed by atoms with E-state index in [1.165, 1.54) is 24.3 Å². The van der Waals surface area contributed by atoms with Gasteiger partial charge in [0, 0.05) is 18.7 Å². The largest absolute Gasteiger partial charge is 0.326 e. The van der Waals surface area contributed by atoms with E-state index in [0.29, 0.717) is 22.4 Å². The fraction of sp³-hybridized carbons (Fsp3) is 0.167. The second kappa shape index (κ2) is 6.62. The Balaban J connectivity index is 1.78. The Hall–Kier alpha value is -3.02. The zero-order valence-electron chi connectivity index (χ0n) is 13.1. The Kier molecular flexibility index (Phi) is 4.37. The summed E-state index contributed by atoms with van der Waals surface area (Å²) < 4.78 is 14.4. The molecule has 0 aliphatic carbocycles. The summed E-state index contributed by atoms with van der Waals surface area (Å²) >= 11 is 0. The fourth-order valence-corrected chi connectivity index (χ4v) is 2.51. The van der Waals surface area contributed by atoms with E-state index in [1.807, 2.05) is 18.2 Å². The van der Waals surface area contributed by atoms with Crippen molar-refractivity contribution in [3.8, 4) is 0 Å². The molecule has 1 aromatic heterocycles. The highest BCUT2D eigenvalue weighted by Gasteiger charge is 2.10. The van der Waals surface area contributed by atoms with Crippen molar-refractivity contribution in [1.29, 1.82) is 0 Å². The third kappa shape index (κ3) is 3.32. The number of nitrogens with zero attached hydrogens (tertiary/aromatic N) is 2. The van der Waals surface area contributed by atoms with E-state index in [1.54, 1.807) is 17.6 Å². The molecule has 0 spiro atoms. The molecule has 0 radical (unpaired) electrons. The first kappa shape index (κ1) is 15.9. The third-order valence-corrected chi connectivity index (χ3v) is 3.71. The van der Waals surface area contributed by atoms with E-state index in [2.05, 4.69) is 10.3 Å². The number of para-hydroxylation sites is 2. The summed E-state index contributed by atoms with van der Waals surface area (Å²) in [5.74, 6) is -0.606. The van der Waals surface area contributed by atoms with Crippen molar-refractivity contribution >= 4 is 22.6 Å². The van der Waals surface area contributed by atoms with Crippen LogP contribution in [0, 0.1) is 12.7 Å². The molecule has 0 atom stereocenters. The molecular formula is C18H16FN3O2. The smallest absolute Gasteiger partial charge is 0.272 e. The molecule has 2 aromatic carbocycles. The first-order valence-electron chi connectivity index (χ1n) is 7.56. The molecule has 5 nitrogen and oxygen atoms in total. The van der Waals surface area contributed by atoms with Crippen LogP contribution in [0.1, 0.15) is 12.1 Å². The second-order valence-electron chi connectivity index (χ2n) is 5.45. The molecule has 0 aliphatic rings. The van der Waals surface area contributed by atoms with Crippen LogP contribution in [-0.2, 0) is 11.3 Å². The number of nitrogens with one attached hydrogen (secondary N) is 1. The molecule has 24 heavy (non-hydrogen) atoms. The van der Waals surface area contributed by atoms with Gasteiger partial charge in [0.1, 0.15) is 11.5 Å². The van der Waals surface area contributed by atoms with E-state index in [4.69, 9.17) is 0 Å². The predicted octanol–water partition coefficient (Wildman–Crippen LogP) is 2.87. The number of rotatable bonds is 4. The molecule has 6 heteroatoms. The van der Waals surface area contributed by atoms with Crippen molar-refractivity contribution in [3.05, 3.63) is 70.4 Å². The number of carbonyl (C=O) groups is 1. The number of aryl methyl sites for hydroxylation is 2. The molecular weight excluding hydrogens is 309 g/mol. The van der Waals surface area contributed by atoms with E-state index in [-0.39, 0.29) is 30.2 Å². The molecule has 1 amide bonds. The number of aromatic nitrogens is 2.